The molecule has 1 aromatic carbocycles. The minimum atomic E-state index is -0.0157. The van der Waals surface area contributed by atoms with Gasteiger partial charge in [-0.25, -0.2) is 9.78 Å². The second-order valence-electron chi connectivity index (χ2n) is 6.24. The van der Waals surface area contributed by atoms with Crippen molar-refractivity contribution < 1.29 is 9.53 Å². The number of urea groups is 1. The molecule has 1 aliphatic heterocycles. The van der Waals surface area contributed by atoms with Gasteiger partial charge < -0.3 is 15.0 Å². The molecular weight excluding hydrogens is 316 g/mol. The minimum absolute atomic E-state index is 0.00984. The first-order valence-electron chi connectivity index (χ1n) is 8.74. The molecule has 3 rings (SSSR count). The Balaban J connectivity index is 1.37. The van der Waals surface area contributed by atoms with Crippen molar-refractivity contribution in [2.45, 2.75) is 32.3 Å². The molecule has 2 heterocycles. The number of ether oxygens (including phenoxy) is 1. The van der Waals surface area contributed by atoms with Gasteiger partial charge in [0, 0.05) is 31.8 Å². The summed E-state index contributed by atoms with van der Waals surface area (Å²) in [5, 5.41) is 2.99. The number of aryl methyl sites for hydroxylation is 2. The third-order valence-electron chi connectivity index (χ3n) is 4.23. The Morgan fingerprint density at radius 3 is 2.96 bits per heavy atom. The van der Waals surface area contributed by atoms with Gasteiger partial charge in [-0.1, -0.05) is 30.3 Å². The Morgan fingerprint density at radius 1 is 1.32 bits per heavy atom. The zero-order valence-electron chi connectivity index (χ0n) is 14.5. The van der Waals surface area contributed by atoms with Gasteiger partial charge in [-0.2, -0.15) is 4.98 Å². The summed E-state index contributed by atoms with van der Waals surface area (Å²) in [7, 11) is 0. The number of hydrogen-bond acceptors (Lipinski definition) is 4. The molecule has 6 nitrogen and oxygen atoms in total. The Hall–Kier alpha value is -2.63. The van der Waals surface area contributed by atoms with Crippen LogP contribution in [-0.4, -0.2) is 46.6 Å². The third-order valence-corrected chi connectivity index (χ3v) is 4.23. The number of rotatable bonds is 6. The predicted octanol–water partition coefficient (Wildman–Crippen LogP) is 2.58. The number of carbonyl (C=O) groups is 1. The number of likely N-dealkylation sites (tertiary alicyclic amines) is 1. The molecule has 0 radical (unpaired) electrons. The van der Waals surface area contributed by atoms with E-state index in [0.29, 0.717) is 31.3 Å². The van der Waals surface area contributed by atoms with Crippen LogP contribution in [0.3, 0.4) is 0 Å². The van der Waals surface area contributed by atoms with Crippen LogP contribution in [0.2, 0.25) is 0 Å². The van der Waals surface area contributed by atoms with Crippen molar-refractivity contribution in [1.82, 2.24) is 20.2 Å². The molecule has 1 aliphatic rings. The Labute approximate surface area is 148 Å². The van der Waals surface area contributed by atoms with Crippen molar-refractivity contribution in [2.24, 2.45) is 0 Å². The lowest BCUT2D eigenvalue weighted by atomic mass is 10.1. The van der Waals surface area contributed by atoms with Crippen LogP contribution in [0.1, 0.15) is 24.2 Å². The monoisotopic (exact) mass is 340 g/mol. The van der Waals surface area contributed by atoms with Gasteiger partial charge in [-0.05, 0) is 25.3 Å². The fourth-order valence-electron chi connectivity index (χ4n) is 2.92. The lowest BCUT2D eigenvalue weighted by Crippen LogP contribution is -2.39. The fourth-order valence-corrected chi connectivity index (χ4v) is 2.92. The number of nitrogens with zero attached hydrogens (tertiary/aromatic N) is 3. The van der Waals surface area contributed by atoms with Crippen molar-refractivity contribution in [1.29, 1.82) is 0 Å². The van der Waals surface area contributed by atoms with Crippen LogP contribution in [0, 0.1) is 6.92 Å². The van der Waals surface area contributed by atoms with Gasteiger partial charge in [0.1, 0.15) is 11.9 Å². The summed E-state index contributed by atoms with van der Waals surface area (Å²) in [5.74, 6) is 1.26. The van der Waals surface area contributed by atoms with E-state index in [1.165, 1.54) is 5.56 Å². The van der Waals surface area contributed by atoms with Gasteiger partial charge >= 0.3 is 6.03 Å². The molecule has 132 valence electrons. The van der Waals surface area contributed by atoms with Crippen LogP contribution >= 0.6 is 0 Å². The Morgan fingerprint density at radius 2 is 2.16 bits per heavy atom. The normalized spacial score (nSPS) is 16.7. The number of carbonyl (C=O) groups excluding carboxylic acids is 1. The van der Waals surface area contributed by atoms with Crippen molar-refractivity contribution in [3.63, 3.8) is 0 Å². The van der Waals surface area contributed by atoms with E-state index in [4.69, 9.17) is 4.74 Å². The topological polar surface area (TPSA) is 67.3 Å². The summed E-state index contributed by atoms with van der Waals surface area (Å²) in [6, 6.07) is 12.0. The minimum Gasteiger partial charge on any atom is -0.472 e. The molecule has 0 unspecified atom stereocenters. The SMILES string of the molecule is Cc1nccc(O[C@@H]2CCN(C(=O)NCCCc3ccccc3)C2)n1. The third kappa shape index (κ3) is 5.17. The summed E-state index contributed by atoms with van der Waals surface area (Å²) in [4.78, 5) is 22.3. The maximum Gasteiger partial charge on any atom is 0.317 e. The molecule has 0 saturated carbocycles. The summed E-state index contributed by atoms with van der Waals surface area (Å²) in [6.45, 7) is 3.81. The van der Waals surface area contributed by atoms with E-state index in [0.717, 1.165) is 19.3 Å². The molecule has 2 aromatic rings. The molecule has 6 heteroatoms. The van der Waals surface area contributed by atoms with Crippen molar-refractivity contribution in [2.75, 3.05) is 19.6 Å². The van der Waals surface area contributed by atoms with E-state index in [1.807, 2.05) is 25.1 Å². The van der Waals surface area contributed by atoms with E-state index in [-0.39, 0.29) is 12.1 Å². The van der Waals surface area contributed by atoms with Crippen molar-refractivity contribution >= 4 is 6.03 Å². The van der Waals surface area contributed by atoms with Crippen molar-refractivity contribution in [3.05, 3.63) is 54.0 Å². The smallest absolute Gasteiger partial charge is 0.317 e. The van der Waals surface area contributed by atoms with Crippen LogP contribution in [0.4, 0.5) is 4.79 Å². The number of benzene rings is 1. The summed E-state index contributed by atoms with van der Waals surface area (Å²) < 4.78 is 5.85. The molecule has 0 aliphatic carbocycles. The summed E-state index contributed by atoms with van der Waals surface area (Å²) >= 11 is 0. The number of hydrogen-bond donors (Lipinski definition) is 1. The standard InChI is InChI=1S/C19H24N4O2/c1-15-20-12-9-18(22-15)25-17-10-13-23(14-17)19(24)21-11-5-8-16-6-3-2-4-7-16/h2-4,6-7,9,12,17H,5,8,10-11,13-14H2,1H3,(H,21,24)/t17-/m1/s1. The van der Waals surface area contributed by atoms with Gasteiger partial charge in [0.15, 0.2) is 0 Å². The Bertz CT molecular complexity index is 693. The maximum absolute atomic E-state index is 12.2. The number of amides is 2. The molecule has 2 amide bonds. The lowest BCUT2D eigenvalue weighted by Gasteiger charge is -2.17. The highest BCUT2D eigenvalue weighted by molar-refractivity contribution is 5.74. The second kappa shape index (κ2) is 8.46. The van der Waals surface area contributed by atoms with Gasteiger partial charge in [0.25, 0.3) is 0 Å². The molecule has 1 N–H and O–H groups in total. The highest BCUT2D eigenvalue weighted by atomic mass is 16.5. The molecule has 1 aromatic heterocycles. The van der Waals surface area contributed by atoms with E-state index >= 15 is 0 Å². The zero-order valence-corrected chi connectivity index (χ0v) is 14.5. The van der Waals surface area contributed by atoms with Crippen LogP contribution in [0.5, 0.6) is 5.88 Å². The van der Waals surface area contributed by atoms with E-state index in [9.17, 15) is 4.79 Å². The molecular formula is C19H24N4O2. The molecule has 25 heavy (non-hydrogen) atoms. The van der Waals surface area contributed by atoms with Gasteiger partial charge in [-0.15, -0.1) is 0 Å². The molecule has 0 spiro atoms. The van der Waals surface area contributed by atoms with E-state index in [1.54, 1.807) is 17.2 Å². The number of aromatic nitrogens is 2. The molecule has 0 bridgehead atoms. The van der Waals surface area contributed by atoms with Crippen LogP contribution in [0.15, 0.2) is 42.6 Å². The first-order valence-corrected chi connectivity index (χ1v) is 8.74. The largest absolute Gasteiger partial charge is 0.472 e. The summed E-state index contributed by atoms with van der Waals surface area (Å²) in [6.07, 6.45) is 4.40. The van der Waals surface area contributed by atoms with Crippen LogP contribution in [-0.2, 0) is 6.42 Å². The summed E-state index contributed by atoms with van der Waals surface area (Å²) in [5.41, 5.74) is 1.30. The highest BCUT2D eigenvalue weighted by Gasteiger charge is 2.27. The van der Waals surface area contributed by atoms with Gasteiger partial charge in [0.2, 0.25) is 5.88 Å². The molecule has 1 atom stereocenters. The Kier molecular flexibility index (Phi) is 5.82. The average Bonchev–Trinajstić information content (AvgIpc) is 3.08. The highest BCUT2D eigenvalue weighted by Crippen LogP contribution is 2.16. The maximum atomic E-state index is 12.2. The van der Waals surface area contributed by atoms with Gasteiger partial charge in [0.05, 0.1) is 6.54 Å². The van der Waals surface area contributed by atoms with Crippen molar-refractivity contribution in [3.8, 4) is 5.88 Å². The number of nitrogens with one attached hydrogen (secondary N) is 1. The molecule has 1 saturated heterocycles. The average molecular weight is 340 g/mol. The van der Waals surface area contributed by atoms with E-state index in [2.05, 4.69) is 27.4 Å². The quantitative estimate of drug-likeness (QED) is 0.821. The molecule has 1 fully saturated rings. The first-order chi connectivity index (χ1) is 12.2. The van der Waals surface area contributed by atoms with E-state index < -0.39 is 0 Å². The predicted molar refractivity (Wildman–Crippen MR) is 95.5 cm³/mol. The van der Waals surface area contributed by atoms with Gasteiger partial charge in [-0.3, -0.25) is 0 Å². The van der Waals surface area contributed by atoms with Crippen LogP contribution < -0.4 is 10.1 Å². The van der Waals surface area contributed by atoms with Crippen LogP contribution in [0.25, 0.3) is 0 Å². The fraction of sp³-hybridized carbons (Fsp3) is 0.421. The zero-order chi connectivity index (χ0) is 17.5. The lowest BCUT2D eigenvalue weighted by molar-refractivity contribution is 0.183. The first kappa shape index (κ1) is 17.2. The second-order valence-corrected chi connectivity index (χ2v) is 6.24.